The molecule has 1 aliphatic rings. The van der Waals surface area contributed by atoms with E-state index in [1.54, 1.807) is 6.92 Å². The molecule has 2 rings (SSSR count). The molecule has 0 amide bonds. The summed E-state index contributed by atoms with van der Waals surface area (Å²) in [7, 11) is 1.96. The first-order valence-electron chi connectivity index (χ1n) is 4.66. The van der Waals surface area contributed by atoms with Crippen LogP contribution in [0.15, 0.2) is 12.3 Å². The Hall–Kier alpha value is -1.12. The van der Waals surface area contributed by atoms with Crippen molar-refractivity contribution in [2.75, 3.05) is 0 Å². The second kappa shape index (κ2) is 2.98. The zero-order chi connectivity index (χ0) is 9.42. The highest BCUT2D eigenvalue weighted by Crippen LogP contribution is 2.49. The fourth-order valence-electron chi connectivity index (χ4n) is 1.95. The van der Waals surface area contributed by atoms with Gasteiger partial charge in [0.05, 0.1) is 0 Å². The summed E-state index contributed by atoms with van der Waals surface area (Å²) in [5.41, 5.74) is 1.27. The largest absolute Gasteiger partial charge is 0.300 e. The van der Waals surface area contributed by atoms with E-state index in [1.807, 2.05) is 24.0 Å². The Morgan fingerprint density at radius 3 is 3.08 bits per heavy atom. The maximum absolute atomic E-state index is 10.9. The molecular weight excluding hydrogens is 164 g/mol. The van der Waals surface area contributed by atoms with Gasteiger partial charge in [-0.2, -0.15) is 5.10 Å². The highest BCUT2D eigenvalue weighted by molar-refractivity contribution is 5.76. The quantitative estimate of drug-likeness (QED) is 0.703. The molecule has 2 atom stereocenters. The number of carbonyl (C=O) groups is 1. The van der Waals surface area contributed by atoms with Crippen molar-refractivity contribution in [2.24, 2.45) is 13.0 Å². The summed E-state index contributed by atoms with van der Waals surface area (Å²) in [6, 6.07) is 2.05. The Balaban J connectivity index is 2.00. The molecule has 0 unspecified atom stereocenters. The van der Waals surface area contributed by atoms with Gasteiger partial charge in [-0.3, -0.25) is 4.68 Å². The van der Waals surface area contributed by atoms with E-state index in [-0.39, 0.29) is 0 Å². The number of carbonyl (C=O) groups excluding carboxylic acids is 1. The number of aryl methyl sites for hydroxylation is 1. The molecule has 1 heterocycles. The van der Waals surface area contributed by atoms with Gasteiger partial charge in [-0.1, -0.05) is 0 Å². The highest BCUT2D eigenvalue weighted by Gasteiger charge is 2.40. The number of hydrogen-bond donors (Lipinski definition) is 0. The molecule has 0 saturated heterocycles. The predicted molar refractivity (Wildman–Crippen MR) is 49.4 cm³/mol. The van der Waals surface area contributed by atoms with E-state index in [2.05, 4.69) is 5.10 Å². The molecule has 1 saturated carbocycles. The fourth-order valence-corrected chi connectivity index (χ4v) is 1.95. The lowest BCUT2D eigenvalue weighted by molar-refractivity contribution is -0.117. The van der Waals surface area contributed by atoms with Crippen LogP contribution in [0.1, 0.15) is 31.4 Å². The van der Waals surface area contributed by atoms with Crippen molar-refractivity contribution in [3.63, 3.8) is 0 Å². The minimum Gasteiger partial charge on any atom is -0.300 e. The minimum atomic E-state index is 0.301. The van der Waals surface area contributed by atoms with Gasteiger partial charge in [-0.05, 0) is 25.3 Å². The third-order valence-corrected chi connectivity index (χ3v) is 2.71. The van der Waals surface area contributed by atoms with E-state index in [9.17, 15) is 4.79 Å². The summed E-state index contributed by atoms with van der Waals surface area (Å²) < 4.78 is 1.91. The van der Waals surface area contributed by atoms with Crippen LogP contribution >= 0.6 is 0 Å². The van der Waals surface area contributed by atoms with Gasteiger partial charge in [0, 0.05) is 31.3 Å². The summed E-state index contributed by atoms with van der Waals surface area (Å²) in [6.45, 7) is 1.67. The third-order valence-electron chi connectivity index (χ3n) is 2.71. The Morgan fingerprint density at radius 2 is 2.54 bits per heavy atom. The lowest BCUT2D eigenvalue weighted by atomic mass is 10.1. The van der Waals surface area contributed by atoms with Gasteiger partial charge in [0.1, 0.15) is 5.78 Å². The van der Waals surface area contributed by atoms with Crippen LogP contribution in [0.5, 0.6) is 0 Å². The molecule has 13 heavy (non-hydrogen) atoms. The van der Waals surface area contributed by atoms with Crippen molar-refractivity contribution < 1.29 is 4.79 Å². The molecule has 3 nitrogen and oxygen atoms in total. The number of Topliss-reactive ketones (excluding diaryl/α,β-unsaturated/α-hetero) is 1. The summed E-state index contributed by atoms with van der Waals surface area (Å²) in [5.74, 6) is 1.46. The molecular formula is C10H14N2O. The second-order valence-electron chi connectivity index (χ2n) is 3.89. The van der Waals surface area contributed by atoms with Crippen molar-refractivity contribution in [3.05, 3.63) is 18.0 Å². The molecule has 0 N–H and O–H groups in total. The van der Waals surface area contributed by atoms with E-state index in [4.69, 9.17) is 0 Å². The Bertz CT molecular complexity index is 329. The van der Waals surface area contributed by atoms with Crippen LogP contribution in [0.3, 0.4) is 0 Å². The molecule has 3 heteroatoms. The molecule has 1 aromatic rings. The smallest absolute Gasteiger partial charge is 0.130 e. The molecule has 0 spiro atoms. The lowest BCUT2D eigenvalue weighted by Crippen LogP contribution is -1.98. The second-order valence-corrected chi connectivity index (χ2v) is 3.89. The SMILES string of the molecule is CC(=O)C[C@H]1C[C@@H]1c1ccnn1C. The zero-order valence-corrected chi connectivity index (χ0v) is 8.03. The number of ketones is 1. The van der Waals surface area contributed by atoms with Crippen LogP contribution in [0.4, 0.5) is 0 Å². The number of aromatic nitrogens is 2. The molecule has 0 bridgehead atoms. The number of rotatable bonds is 3. The van der Waals surface area contributed by atoms with Crippen LogP contribution in [0, 0.1) is 5.92 Å². The molecule has 1 fully saturated rings. The molecule has 70 valence electrons. The van der Waals surface area contributed by atoms with Gasteiger partial charge in [0.25, 0.3) is 0 Å². The standard InChI is InChI=1S/C10H14N2O/c1-7(13)5-8-6-9(8)10-3-4-11-12(10)2/h3-4,8-9H,5-6H2,1-2H3/t8-,9-/m0/s1. The monoisotopic (exact) mass is 178 g/mol. The number of hydrogen-bond acceptors (Lipinski definition) is 2. The third kappa shape index (κ3) is 1.64. The van der Waals surface area contributed by atoms with Crippen molar-refractivity contribution in [2.45, 2.75) is 25.7 Å². The van der Waals surface area contributed by atoms with Crippen molar-refractivity contribution >= 4 is 5.78 Å². The van der Waals surface area contributed by atoms with Crippen LogP contribution in [-0.4, -0.2) is 15.6 Å². The van der Waals surface area contributed by atoms with Crippen LogP contribution in [0.25, 0.3) is 0 Å². The van der Waals surface area contributed by atoms with E-state index >= 15 is 0 Å². The molecule has 0 aliphatic heterocycles. The van der Waals surface area contributed by atoms with Gasteiger partial charge in [0.2, 0.25) is 0 Å². The lowest BCUT2D eigenvalue weighted by Gasteiger charge is -1.99. The summed E-state index contributed by atoms with van der Waals surface area (Å²) in [4.78, 5) is 10.9. The van der Waals surface area contributed by atoms with Crippen molar-refractivity contribution in [1.82, 2.24) is 9.78 Å². The molecule has 0 aromatic carbocycles. The van der Waals surface area contributed by atoms with Gasteiger partial charge >= 0.3 is 0 Å². The number of nitrogens with zero attached hydrogens (tertiary/aromatic N) is 2. The van der Waals surface area contributed by atoms with Crippen LogP contribution in [0.2, 0.25) is 0 Å². The average molecular weight is 178 g/mol. The molecule has 1 aliphatic carbocycles. The van der Waals surface area contributed by atoms with Gasteiger partial charge in [0.15, 0.2) is 0 Å². The Kier molecular flexibility index (Phi) is 1.94. The van der Waals surface area contributed by atoms with E-state index in [1.165, 1.54) is 5.69 Å². The van der Waals surface area contributed by atoms with E-state index in [0.29, 0.717) is 17.6 Å². The first-order valence-corrected chi connectivity index (χ1v) is 4.66. The van der Waals surface area contributed by atoms with Crippen LogP contribution in [-0.2, 0) is 11.8 Å². The van der Waals surface area contributed by atoms with Crippen molar-refractivity contribution in [3.8, 4) is 0 Å². The zero-order valence-electron chi connectivity index (χ0n) is 8.03. The molecule has 0 radical (unpaired) electrons. The summed E-state index contributed by atoms with van der Waals surface area (Å²) in [6.07, 6.45) is 3.70. The van der Waals surface area contributed by atoms with Gasteiger partial charge < -0.3 is 4.79 Å². The first-order chi connectivity index (χ1) is 6.18. The fraction of sp³-hybridized carbons (Fsp3) is 0.600. The minimum absolute atomic E-state index is 0.301. The van der Waals surface area contributed by atoms with Gasteiger partial charge in [-0.25, -0.2) is 0 Å². The normalized spacial score (nSPS) is 26.0. The highest BCUT2D eigenvalue weighted by atomic mass is 16.1. The van der Waals surface area contributed by atoms with E-state index < -0.39 is 0 Å². The molecule has 1 aromatic heterocycles. The van der Waals surface area contributed by atoms with Crippen molar-refractivity contribution in [1.29, 1.82) is 0 Å². The predicted octanol–water partition coefficient (Wildman–Crippen LogP) is 1.50. The first kappa shape index (κ1) is 8.48. The summed E-state index contributed by atoms with van der Waals surface area (Å²) in [5, 5.41) is 4.12. The Labute approximate surface area is 77.7 Å². The van der Waals surface area contributed by atoms with E-state index in [0.717, 1.165) is 12.8 Å². The maximum atomic E-state index is 10.9. The Morgan fingerprint density at radius 1 is 1.77 bits per heavy atom. The maximum Gasteiger partial charge on any atom is 0.130 e. The summed E-state index contributed by atoms with van der Waals surface area (Å²) >= 11 is 0. The van der Waals surface area contributed by atoms with Crippen LogP contribution < -0.4 is 0 Å². The average Bonchev–Trinajstić information content (AvgIpc) is 2.63. The topological polar surface area (TPSA) is 34.9 Å². The van der Waals surface area contributed by atoms with Gasteiger partial charge in [-0.15, -0.1) is 0 Å².